The Bertz CT molecular complexity index is 1530. The number of hydrogen-bond donors (Lipinski definition) is 0. The Morgan fingerprint density at radius 1 is 1.08 bits per heavy atom. The Balaban J connectivity index is 1.66. The maximum atomic E-state index is 13.8. The molecule has 5 rings (SSSR count). The summed E-state index contributed by atoms with van der Waals surface area (Å²) in [4.78, 5) is 29.0. The van der Waals surface area contributed by atoms with Gasteiger partial charge >= 0.3 is 0 Å². The molecule has 4 aromatic rings. The number of amides is 1. The minimum Gasteiger partial charge on any atom is -0.493 e. The standard InChI is InChI=1S/C27H26BrN3O5S/c1-4-6-7-12-35-19-10-8-15(13-20(19)34-3)23-22-24(32)17-14-16(28)9-11-18(17)36-25(22)26(33)31(23)27-30-29-21(5-2)37-27/h8-11,13-14,23H,4-7,12H2,1-3H3. The van der Waals surface area contributed by atoms with Crippen LogP contribution in [0.5, 0.6) is 11.5 Å². The van der Waals surface area contributed by atoms with Crippen LogP contribution >= 0.6 is 27.3 Å². The van der Waals surface area contributed by atoms with Gasteiger partial charge in [-0.15, -0.1) is 10.2 Å². The number of benzene rings is 2. The van der Waals surface area contributed by atoms with Crippen LogP contribution in [-0.2, 0) is 6.42 Å². The fourth-order valence-electron chi connectivity index (χ4n) is 4.45. The second kappa shape index (κ2) is 10.6. The molecule has 192 valence electrons. The average molecular weight is 584 g/mol. The second-order valence-corrected chi connectivity index (χ2v) is 10.6. The van der Waals surface area contributed by atoms with E-state index in [-0.39, 0.29) is 16.8 Å². The van der Waals surface area contributed by atoms with Gasteiger partial charge in [-0.1, -0.05) is 60.0 Å². The average Bonchev–Trinajstić information content (AvgIpc) is 3.49. The number of fused-ring (bicyclic) bond motifs is 2. The van der Waals surface area contributed by atoms with Gasteiger partial charge in [0, 0.05) is 4.47 Å². The first-order valence-corrected chi connectivity index (χ1v) is 13.8. The fraction of sp³-hybridized carbons (Fsp3) is 0.333. The zero-order chi connectivity index (χ0) is 26.1. The second-order valence-electron chi connectivity index (χ2n) is 8.69. The van der Waals surface area contributed by atoms with E-state index in [0.29, 0.717) is 46.2 Å². The molecule has 0 N–H and O–H groups in total. The molecule has 1 atom stereocenters. The van der Waals surface area contributed by atoms with Crippen molar-refractivity contribution in [3.63, 3.8) is 0 Å². The lowest BCUT2D eigenvalue weighted by atomic mass is 9.98. The first-order chi connectivity index (χ1) is 18.0. The van der Waals surface area contributed by atoms with Crippen molar-refractivity contribution in [2.75, 3.05) is 18.6 Å². The summed E-state index contributed by atoms with van der Waals surface area (Å²) in [5.41, 5.74) is 1.03. The van der Waals surface area contributed by atoms with Crippen LogP contribution in [0.2, 0.25) is 0 Å². The highest BCUT2D eigenvalue weighted by Crippen LogP contribution is 2.44. The number of halogens is 1. The van der Waals surface area contributed by atoms with Gasteiger partial charge in [0.15, 0.2) is 16.9 Å². The highest BCUT2D eigenvalue weighted by atomic mass is 79.9. The van der Waals surface area contributed by atoms with Crippen molar-refractivity contribution in [2.45, 2.75) is 45.6 Å². The molecule has 37 heavy (non-hydrogen) atoms. The molecule has 0 saturated heterocycles. The van der Waals surface area contributed by atoms with Crippen molar-refractivity contribution < 1.29 is 18.7 Å². The van der Waals surface area contributed by atoms with Crippen LogP contribution in [0.4, 0.5) is 5.13 Å². The highest BCUT2D eigenvalue weighted by molar-refractivity contribution is 9.10. The van der Waals surface area contributed by atoms with Crippen LogP contribution < -0.4 is 19.8 Å². The number of rotatable bonds is 9. The number of aromatic nitrogens is 2. The number of unbranched alkanes of at least 4 members (excludes halogenated alkanes) is 2. The molecule has 0 radical (unpaired) electrons. The predicted octanol–water partition coefficient (Wildman–Crippen LogP) is 6.30. The lowest BCUT2D eigenvalue weighted by molar-refractivity contribution is 0.0970. The molecular weight excluding hydrogens is 558 g/mol. The van der Waals surface area contributed by atoms with E-state index in [9.17, 15) is 9.59 Å². The van der Waals surface area contributed by atoms with Gasteiger partial charge in [-0.25, -0.2) is 0 Å². The summed E-state index contributed by atoms with van der Waals surface area (Å²) in [5, 5.41) is 10.1. The van der Waals surface area contributed by atoms with E-state index < -0.39 is 11.9 Å². The maximum Gasteiger partial charge on any atom is 0.297 e. The Hall–Kier alpha value is -3.24. The largest absolute Gasteiger partial charge is 0.493 e. The predicted molar refractivity (Wildman–Crippen MR) is 146 cm³/mol. The van der Waals surface area contributed by atoms with E-state index in [0.717, 1.165) is 28.7 Å². The lowest BCUT2D eigenvalue weighted by Gasteiger charge is -2.23. The molecule has 0 saturated carbocycles. The molecule has 0 fully saturated rings. The molecular formula is C27H26BrN3O5S. The summed E-state index contributed by atoms with van der Waals surface area (Å²) in [6, 6.07) is 9.87. The third-order valence-electron chi connectivity index (χ3n) is 6.31. The number of carbonyl (C=O) groups is 1. The van der Waals surface area contributed by atoms with Crippen LogP contribution in [0.1, 0.15) is 65.8 Å². The summed E-state index contributed by atoms with van der Waals surface area (Å²) in [5.74, 6) is 0.711. The molecule has 8 nitrogen and oxygen atoms in total. The zero-order valence-electron chi connectivity index (χ0n) is 20.7. The van der Waals surface area contributed by atoms with Gasteiger partial charge < -0.3 is 13.9 Å². The van der Waals surface area contributed by atoms with E-state index in [1.807, 2.05) is 25.1 Å². The van der Waals surface area contributed by atoms with Gasteiger partial charge in [0.2, 0.25) is 10.9 Å². The molecule has 1 amide bonds. The molecule has 0 bridgehead atoms. The third-order valence-corrected chi connectivity index (χ3v) is 7.87. The van der Waals surface area contributed by atoms with Crippen molar-refractivity contribution >= 4 is 49.3 Å². The molecule has 1 unspecified atom stereocenters. The van der Waals surface area contributed by atoms with E-state index in [2.05, 4.69) is 33.1 Å². The maximum absolute atomic E-state index is 13.8. The minimum absolute atomic E-state index is 0.0110. The quantitative estimate of drug-likeness (QED) is 0.213. The fourth-order valence-corrected chi connectivity index (χ4v) is 5.62. The van der Waals surface area contributed by atoms with Crippen LogP contribution in [0, 0.1) is 0 Å². The van der Waals surface area contributed by atoms with Crippen molar-refractivity contribution in [3.05, 3.63) is 73.0 Å². The molecule has 0 spiro atoms. The molecule has 1 aliphatic heterocycles. The highest BCUT2D eigenvalue weighted by Gasteiger charge is 2.45. The number of carbonyl (C=O) groups excluding carboxylic acids is 1. The number of hydrogen-bond acceptors (Lipinski definition) is 8. The van der Waals surface area contributed by atoms with Crippen molar-refractivity contribution in [1.29, 1.82) is 0 Å². The number of aryl methyl sites for hydroxylation is 1. The van der Waals surface area contributed by atoms with Gasteiger partial charge in [0.1, 0.15) is 10.6 Å². The molecule has 0 aliphatic carbocycles. The van der Waals surface area contributed by atoms with E-state index in [1.165, 1.54) is 16.2 Å². The summed E-state index contributed by atoms with van der Waals surface area (Å²) in [6.07, 6.45) is 3.81. The topological polar surface area (TPSA) is 94.8 Å². The summed E-state index contributed by atoms with van der Waals surface area (Å²) in [6.45, 7) is 4.69. The smallest absolute Gasteiger partial charge is 0.297 e. The van der Waals surface area contributed by atoms with Crippen LogP contribution in [-0.4, -0.2) is 29.8 Å². The van der Waals surface area contributed by atoms with Gasteiger partial charge in [-0.3, -0.25) is 14.5 Å². The van der Waals surface area contributed by atoms with Crippen LogP contribution in [0.3, 0.4) is 0 Å². The Morgan fingerprint density at radius 2 is 1.92 bits per heavy atom. The van der Waals surface area contributed by atoms with Gasteiger partial charge in [-0.2, -0.15) is 0 Å². The molecule has 1 aliphatic rings. The molecule has 2 aromatic heterocycles. The summed E-state index contributed by atoms with van der Waals surface area (Å²) < 4.78 is 18.4. The Morgan fingerprint density at radius 3 is 2.65 bits per heavy atom. The van der Waals surface area contributed by atoms with E-state index in [1.54, 1.807) is 25.3 Å². The Kier molecular flexibility index (Phi) is 7.30. The van der Waals surface area contributed by atoms with Gasteiger partial charge in [0.05, 0.1) is 30.7 Å². The number of ether oxygens (including phenoxy) is 2. The summed E-state index contributed by atoms with van der Waals surface area (Å²) in [7, 11) is 1.57. The zero-order valence-corrected chi connectivity index (χ0v) is 23.1. The van der Waals surface area contributed by atoms with Crippen LogP contribution in [0.25, 0.3) is 11.0 Å². The van der Waals surface area contributed by atoms with E-state index in [4.69, 9.17) is 13.9 Å². The van der Waals surface area contributed by atoms with Gasteiger partial charge in [0.25, 0.3) is 5.91 Å². The molecule has 10 heteroatoms. The van der Waals surface area contributed by atoms with Crippen molar-refractivity contribution in [2.24, 2.45) is 0 Å². The first-order valence-electron chi connectivity index (χ1n) is 12.2. The molecule has 2 aromatic carbocycles. The minimum atomic E-state index is -0.761. The van der Waals surface area contributed by atoms with E-state index >= 15 is 0 Å². The van der Waals surface area contributed by atoms with Gasteiger partial charge in [-0.05, 0) is 48.7 Å². The van der Waals surface area contributed by atoms with Crippen molar-refractivity contribution in [1.82, 2.24) is 10.2 Å². The molecule has 3 heterocycles. The lowest BCUT2D eigenvalue weighted by Crippen LogP contribution is -2.29. The third kappa shape index (κ3) is 4.64. The number of nitrogens with zero attached hydrogens (tertiary/aromatic N) is 3. The number of anilines is 1. The Labute approximate surface area is 226 Å². The van der Waals surface area contributed by atoms with Crippen LogP contribution in [0.15, 0.2) is 50.1 Å². The monoisotopic (exact) mass is 583 g/mol. The number of methoxy groups -OCH3 is 1. The first kappa shape index (κ1) is 25.4. The summed E-state index contributed by atoms with van der Waals surface area (Å²) >= 11 is 4.75. The van der Waals surface area contributed by atoms with Crippen molar-refractivity contribution in [3.8, 4) is 11.5 Å². The SMILES string of the molecule is CCCCCOc1ccc(C2c3c(oc4ccc(Br)cc4c3=O)C(=O)N2c2nnc(CC)s2)cc1OC. The normalized spacial score (nSPS) is 14.9.